The van der Waals surface area contributed by atoms with Gasteiger partial charge in [-0.1, -0.05) is 54.6 Å². The lowest BCUT2D eigenvalue weighted by Gasteiger charge is -2.14. The van der Waals surface area contributed by atoms with Crippen molar-refractivity contribution in [2.75, 3.05) is 5.75 Å². The van der Waals surface area contributed by atoms with E-state index < -0.39 is 29.7 Å². The number of oxazole rings is 1. The summed E-state index contributed by atoms with van der Waals surface area (Å²) < 4.78 is 45.2. The Balaban J connectivity index is 1.43. The van der Waals surface area contributed by atoms with Crippen LogP contribution < -0.4 is 5.32 Å². The zero-order valence-electron chi connectivity index (χ0n) is 21.8. The number of thiophene rings is 1. The molecular formula is C31H23F3N2O4S2. The molecule has 0 bridgehead atoms. The van der Waals surface area contributed by atoms with Gasteiger partial charge in [0.25, 0.3) is 5.91 Å². The Kier molecular flexibility index (Phi) is 8.79. The highest BCUT2D eigenvalue weighted by atomic mass is 32.2. The maximum absolute atomic E-state index is 13.4. The van der Waals surface area contributed by atoms with Crippen molar-refractivity contribution < 1.29 is 32.3 Å². The van der Waals surface area contributed by atoms with Crippen molar-refractivity contribution >= 4 is 35.0 Å². The van der Waals surface area contributed by atoms with E-state index in [9.17, 15) is 27.9 Å². The molecule has 5 rings (SSSR count). The molecule has 0 fully saturated rings. The number of nitrogens with one attached hydrogen (secondary N) is 1. The molecule has 3 aromatic carbocycles. The van der Waals surface area contributed by atoms with Gasteiger partial charge in [-0.2, -0.15) is 36.3 Å². The topological polar surface area (TPSA) is 92.4 Å². The molecule has 0 aliphatic carbocycles. The molecule has 2 heterocycles. The molecule has 0 aliphatic heterocycles. The molecule has 0 radical (unpaired) electrons. The standard InChI is InChI=1S/C31H23F3N2O4S2/c32-31(33,34)24-12-10-22(11-13-24)29-36-26(27(40-29)21-8-6-20(7-9-21)23-14-15-41-17-23)28(37)35-25(30(38)39)18-42-16-19-4-2-1-3-5-19/h1-15,17,25H,16,18H2,(H,35,37)(H,38,39). The van der Waals surface area contributed by atoms with Crippen molar-refractivity contribution in [3.05, 3.63) is 113 Å². The Morgan fingerprint density at radius 2 is 1.57 bits per heavy atom. The van der Waals surface area contributed by atoms with Crippen molar-refractivity contribution in [1.82, 2.24) is 10.3 Å². The van der Waals surface area contributed by atoms with Crippen molar-refractivity contribution in [2.24, 2.45) is 0 Å². The summed E-state index contributed by atoms with van der Waals surface area (Å²) in [6.07, 6.45) is -4.51. The third-order valence-electron chi connectivity index (χ3n) is 6.30. The monoisotopic (exact) mass is 608 g/mol. The third kappa shape index (κ3) is 6.92. The van der Waals surface area contributed by atoms with E-state index in [-0.39, 0.29) is 28.7 Å². The Labute approximate surface area is 247 Å². The minimum absolute atomic E-state index is 0.0698. The van der Waals surface area contributed by atoms with Crippen molar-refractivity contribution in [2.45, 2.75) is 18.0 Å². The first-order chi connectivity index (χ1) is 20.2. The van der Waals surface area contributed by atoms with Crippen LogP contribution in [-0.2, 0) is 16.7 Å². The Morgan fingerprint density at radius 3 is 2.19 bits per heavy atom. The maximum atomic E-state index is 13.4. The summed E-state index contributed by atoms with van der Waals surface area (Å²) in [6.45, 7) is 0. The zero-order valence-corrected chi connectivity index (χ0v) is 23.4. The number of carbonyl (C=O) groups is 2. The van der Waals surface area contributed by atoms with Crippen molar-refractivity contribution in [1.29, 1.82) is 0 Å². The molecule has 6 nitrogen and oxygen atoms in total. The Bertz CT molecular complexity index is 1650. The molecule has 1 unspecified atom stereocenters. The molecule has 0 saturated carbocycles. The van der Waals surface area contributed by atoms with E-state index in [0.29, 0.717) is 11.3 Å². The first-order valence-electron chi connectivity index (χ1n) is 12.7. The second-order valence-corrected chi connectivity index (χ2v) is 11.0. The first-order valence-corrected chi connectivity index (χ1v) is 14.8. The third-order valence-corrected chi connectivity index (χ3v) is 8.09. The van der Waals surface area contributed by atoms with E-state index in [1.807, 2.05) is 59.3 Å². The number of nitrogens with zero attached hydrogens (tertiary/aromatic N) is 1. The SMILES string of the molecule is O=C(NC(CSCc1ccccc1)C(=O)O)c1nc(-c2ccc(C(F)(F)F)cc2)oc1-c1ccc(-c2ccsc2)cc1. The number of carboxylic acid groups (broad SMARTS) is 1. The molecular weight excluding hydrogens is 585 g/mol. The summed E-state index contributed by atoms with van der Waals surface area (Å²) in [5.41, 5.74) is 2.69. The van der Waals surface area contributed by atoms with Gasteiger partial charge in [0.15, 0.2) is 11.5 Å². The Hall–Kier alpha value is -4.35. The van der Waals surface area contributed by atoms with Crippen LogP contribution in [0.1, 0.15) is 21.6 Å². The predicted octanol–water partition coefficient (Wildman–Crippen LogP) is 7.87. The number of rotatable bonds is 10. The quantitative estimate of drug-likeness (QED) is 0.168. The van der Waals surface area contributed by atoms with Gasteiger partial charge in [0.05, 0.1) is 5.56 Å². The van der Waals surface area contributed by atoms with Gasteiger partial charge in [0.2, 0.25) is 5.89 Å². The van der Waals surface area contributed by atoms with E-state index in [4.69, 9.17) is 4.42 Å². The fraction of sp³-hybridized carbons (Fsp3) is 0.129. The lowest BCUT2D eigenvalue weighted by Crippen LogP contribution is -2.42. The number of benzene rings is 3. The number of amides is 1. The molecule has 11 heteroatoms. The maximum Gasteiger partial charge on any atom is 0.416 e. The van der Waals surface area contributed by atoms with Gasteiger partial charge in [0, 0.05) is 22.6 Å². The average molecular weight is 609 g/mol. The van der Waals surface area contributed by atoms with Crippen LogP contribution in [0.2, 0.25) is 0 Å². The molecule has 1 amide bonds. The van der Waals surface area contributed by atoms with Crippen LogP contribution in [0.4, 0.5) is 13.2 Å². The van der Waals surface area contributed by atoms with E-state index in [0.717, 1.165) is 28.8 Å². The number of thioether (sulfide) groups is 1. The van der Waals surface area contributed by atoms with Gasteiger partial charge in [0.1, 0.15) is 6.04 Å². The predicted molar refractivity (Wildman–Crippen MR) is 157 cm³/mol. The second-order valence-electron chi connectivity index (χ2n) is 9.23. The number of alkyl halides is 3. The smallest absolute Gasteiger partial charge is 0.416 e. The fourth-order valence-corrected chi connectivity index (χ4v) is 5.78. The van der Waals surface area contributed by atoms with Crippen LogP contribution in [-0.4, -0.2) is 33.8 Å². The van der Waals surface area contributed by atoms with Crippen molar-refractivity contribution in [3.8, 4) is 33.9 Å². The minimum atomic E-state index is -4.51. The summed E-state index contributed by atoms with van der Waals surface area (Å²) in [7, 11) is 0. The molecule has 2 N–H and O–H groups in total. The molecule has 1 atom stereocenters. The van der Waals surface area contributed by atoms with Gasteiger partial charge in [-0.3, -0.25) is 4.79 Å². The highest BCUT2D eigenvalue weighted by Gasteiger charge is 2.31. The summed E-state index contributed by atoms with van der Waals surface area (Å²) in [6, 6.07) is 21.7. The van der Waals surface area contributed by atoms with E-state index in [2.05, 4.69) is 10.3 Å². The number of hydrogen-bond acceptors (Lipinski definition) is 6. The van der Waals surface area contributed by atoms with Crippen LogP contribution in [0.5, 0.6) is 0 Å². The highest BCUT2D eigenvalue weighted by molar-refractivity contribution is 7.98. The van der Waals surface area contributed by atoms with Crippen LogP contribution >= 0.6 is 23.1 Å². The van der Waals surface area contributed by atoms with Gasteiger partial charge in [-0.15, -0.1) is 0 Å². The molecule has 2 aromatic heterocycles. The zero-order chi connectivity index (χ0) is 29.7. The van der Waals surface area contributed by atoms with E-state index >= 15 is 0 Å². The van der Waals surface area contributed by atoms with Crippen LogP contribution in [0, 0.1) is 0 Å². The number of aromatic nitrogens is 1. The van der Waals surface area contributed by atoms with Crippen LogP contribution in [0.15, 0.2) is 100 Å². The van der Waals surface area contributed by atoms with E-state index in [1.165, 1.54) is 23.9 Å². The van der Waals surface area contributed by atoms with Crippen LogP contribution in [0.3, 0.4) is 0 Å². The number of hydrogen-bond donors (Lipinski definition) is 2. The van der Waals surface area contributed by atoms with Crippen LogP contribution in [0.25, 0.3) is 33.9 Å². The summed E-state index contributed by atoms with van der Waals surface area (Å²) in [4.78, 5) is 29.7. The Morgan fingerprint density at radius 1 is 0.905 bits per heavy atom. The number of halogens is 3. The lowest BCUT2D eigenvalue weighted by atomic mass is 10.0. The lowest BCUT2D eigenvalue weighted by molar-refractivity contribution is -0.139. The average Bonchev–Trinajstić information content (AvgIpc) is 3.68. The van der Waals surface area contributed by atoms with Gasteiger partial charge in [-0.05, 0) is 57.8 Å². The number of carbonyl (C=O) groups excluding carboxylic acids is 1. The van der Waals surface area contributed by atoms with E-state index in [1.54, 1.807) is 23.5 Å². The summed E-state index contributed by atoms with van der Waals surface area (Å²) in [5.74, 6) is -1.33. The van der Waals surface area contributed by atoms with Crippen molar-refractivity contribution in [3.63, 3.8) is 0 Å². The molecule has 0 aliphatic rings. The highest BCUT2D eigenvalue weighted by Crippen LogP contribution is 2.34. The fourth-order valence-electron chi connectivity index (χ4n) is 4.11. The molecule has 5 aromatic rings. The largest absolute Gasteiger partial charge is 0.480 e. The normalized spacial score (nSPS) is 12.2. The summed E-state index contributed by atoms with van der Waals surface area (Å²) >= 11 is 2.91. The molecule has 0 spiro atoms. The first kappa shape index (κ1) is 29.2. The number of carboxylic acids is 1. The molecule has 42 heavy (non-hydrogen) atoms. The van der Waals surface area contributed by atoms with Gasteiger partial charge < -0.3 is 14.8 Å². The van der Waals surface area contributed by atoms with Gasteiger partial charge >= 0.3 is 12.1 Å². The van der Waals surface area contributed by atoms with Gasteiger partial charge in [-0.25, -0.2) is 9.78 Å². The number of aliphatic carboxylic acids is 1. The second kappa shape index (κ2) is 12.7. The molecule has 214 valence electrons. The minimum Gasteiger partial charge on any atom is -0.480 e. The molecule has 0 saturated heterocycles. The summed E-state index contributed by atoms with van der Waals surface area (Å²) in [5, 5.41) is 16.3.